The Morgan fingerprint density at radius 3 is 2.27 bits per heavy atom. The van der Waals surface area contributed by atoms with E-state index in [9.17, 15) is 13.2 Å². The van der Waals surface area contributed by atoms with Gasteiger partial charge in [-0.05, 0) is 73.4 Å². The third-order valence-electron chi connectivity index (χ3n) is 4.82. The van der Waals surface area contributed by atoms with E-state index < -0.39 is 10.0 Å². The first-order valence-electron chi connectivity index (χ1n) is 9.98. The van der Waals surface area contributed by atoms with E-state index in [4.69, 9.17) is 0 Å². The quantitative estimate of drug-likeness (QED) is 0.511. The van der Waals surface area contributed by atoms with Gasteiger partial charge in [-0.3, -0.25) is 9.52 Å². The maximum absolute atomic E-state index is 12.6. The van der Waals surface area contributed by atoms with Gasteiger partial charge in [0.2, 0.25) is 0 Å². The number of sulfonamides is 1. The molecule has 3 rings (SSSR count). The van der Waals surface area contributed by atoms with Gasteiger partial charge < -0.3 is 5.32 Å². The molecule has 2 N–H and O–H groups in total. The van der Waals surface area contributed by atoms with Crippen molar-refractivity contribution in [3.8, 4) is 0 Å². The highest BCUT2D eigenvalue weighted by atomic mass is 32.2. The standard InChI is InChI=1S/C24H26N2O3S/c1-3-4-8-19-11-14-21(15-12-19)25-24(27)20-13-16-23(18(2)17-20)26-30(28,29)22-9-6-5-7-10-22/h5-7,9-17,26H,3-4,8H2,1-2H3,(H,25,27). The minimum absolute atomic E-state index is 0.189. The molecule has 0 aliphatic heterocycles. The number of anilines is 2. The van der Waals surface area contributed by atoms with Gasteiger partial charge in [-0.2, -0.15) is 0 Å². The van der Waals surface area contributed by atoms with E-state index in [1.54, 1.807) is 43.3 Å². The zero-order chi connectivity index (χ0) is 21.6. The van der Waals surface area contributed by atoms with Crippen molar-refractivity contribution in [1.82, 2.24) is 0 Å². The van der Waals surface area contributed by atoms with Gasteiger partial charge in [-0.25, -0.2) is 8.42 Å². The molecule has 1 amide bonds. The molecule has 0 heterocycles. The Bertz CT molecular complexity index is 1110. The largest absolute Gasteiger partial charge is 0.322 e. The number of aryl methyl sites for hydroxylation is 2. The summed E-state index contributed by atoms with van der Waals surface area (Å²) in [6.07, 6.45) is 3.32. The number of rotatable bonds is 8. The molecule has 0 bridgehead atoms. The van der Waals surface area contributed by atoms with Crippen molar-refractivity contribution in [3.63, 3.8) is 0 Å². The zero-order valence-corrected chi connectivity index (χ0v) is 18.0. The van der Waals surface area contributed by atoms with Crippen LogP contribution in [0, 0.1) is 6.92 Å². The van der Waals surface area contributed by atoms with Gasteiger partial charge >= 0.3 is 0 Å². The number of benzene rings is 3. The van der Waals surface area contributed by atoms with Crippen LogP contribution in [0.5, 0.6) is 0 Å². The fraction of sp³-hybridized carbons (Fsp3) is 0.208. The highest BCUT2D eigenvalue weighted by Gasteiger charge is 2.16. The first kappa shape index (κ1) is 21.6. The predicted molar refractivity (Wildman–Crippen MR) is 121 cm³/mol. The minimum Gasteiger partial charge on any atom is -0.322 e. The van der Waals surface area contributed by atoms with E-state index in [0.29, 0.717) is 16.8 Å². The average Bonchev–Trinajstić information content (AvgIpc) is 2.75. The smallest absolute Gasteiger partial charge is 0.261 e. The van der Waals surface area contributed by atoms with Crippen LogP contribution in [-0.2, 0) is 16.4 Å². The number of hydrogen-bond acceptors (Lipinski definition) is 3. The summed E-state index contributed by atoms with van der Waals surface area (Å²) in [4.78, 5) is 12.8. The molecule has 0 saturated heterocycles. The normalized spacial score (nSPS) is 11.1. The van der Waals surface area contributed by atoms with Crippen LogP contribution in [0.25, 0.3) is 0 Å². The van der Waals surface area contributed by atoms with Crippen LogP contribution >= 0.6 is 0 Å². The lowest BCUT2D eigenvalue weighted by Crippen LogP contribution is -2.15. The second-order valence-corrected chi connectivity index (χ2v) is 8.89. The number of unbranched alkanes of at least 4 members (excludes halogenated alkanes) is 1. The first-order valence-corrected chi connectivity index (χ1v) is 11.5. The van der Waals surface area contributed by atoms with Crippen LogP contribution in [0.15, 0.2) is 77.7 Å². The number of amides is 1. The Morgan fingerprint density at radius 1 is 0.933 bits per heavy atom. The Balaban J connectivity index is 1.69. The van der Waals surface area contributed by atoms with Crippen molar-refractivity contribution >= 4 is 27.3 Å². The molecule has 0 saturated carbocycles. The molecule has 0 unspecified atom stereocenters. The summed E-state index contributed by atoms with van der Waals surface area (Å²) in [5.41, 5.74) is 3.55. The van der Waals surface area contributed by atoms with Gasteiger partial charge in [0.1, 0.15) is 0 Å². The lowest BCUT2D eigenvalue weighted by atomic mass is 10.1. The summed E-state index contributed by atoms with van der Waals surface area (Å²) < 4.78 is 27.6. The van der Waals surface area contributed by atoms with Gasteiger partial charge in [0.25, 0.3) is 15.9 Å². The Hall–Kier alpha value is -3.12. The molecule has 3 aromatic carbocycles. The van der Waals surface area contributed by atoms with Crippen LogP contribution < -0.4 is 10.0 Å². The molecule has 156 valence electrons. The van der Waals surface area contributed by atoms with Crippen molar-refractivity contribution in [2.24, 2.45) is 0 Å². The summed E-state index contributed by atoms with van der Waals surface area (Å²) >= 11 is 0. The molecular formula is C24H26N2O3S. The number of carbonyl (C=O) groups excluding carboxylic acids is 1. The molecule has 3 aromatic rings. The Labute approximate surface area is 178 Å². The van der Waals surface area contributed by atoms with E-state index in [-0.39, 0.29) is 10.8 Å². The molecule has 0 atom stereocenters. The first-order chi connectivity index (χ1) is 14.4. The van der Waals surface area contributed by atoms with E-state index in [1.807, 2.05) is 24.3 Å². The monoisotopic (exact) mass is 422 g/mol. The molecule has 0 aromatic heterocycles. The van der Waals surface area contributed by atoms with Crippen molar-refractivity contribution < 1.29 is 13.2 Å². The predicted octanol–water partition coefficient (Wildman–Crippen LogP) is 5.39. The van der Waals surface area contributed by atoms with Gasteiger partial charge in [-0.15, -0.1) is 0 Å². The van der Waals surface area contributed by atoms with Crippen LogP contribution in [0.3, 0.4) is 0 Å². The summed E-state index contributed by atoms with van der Waals surface area (Å²) in [7, 11) is -3.68. The number of nitrogens with one attached hydrogen (secondary N) is 2. The molecular weight excluding hydrogens is 396 g/mol. The maximum atomic E-state index is 12.6. The lowest BCUT2D eigenvalue weighted by molar-refractivity contribution is 0.102. The number of hydrogen-bond donors (Lipinski definition) is 2. The molecule has 5 nitrogen and oxygen atoms in total. The van der Waals surface area contributed by atoms with E-state index in [0.717, 1.165) is 24.9 Å². The van der Waals surface area contributed by atoms with Crippen molar-refractivity contribution in [3.05, 3.63) is 89.5 Å². The van der Waals surface area contributed by atoms with Gasteiger partial charge in [0.15, 0.2) is 0 Å². The highest BCUT2D eigenvalue weighted by molar-refractivity contribution is 7.92. The molecule has 0 aliphatic carbocycles. The molecule has 0 aliphatic rings. The van der Waals surface area contributed by atoms with Crippen molar-refractivity contribution in [2.75, 3.05) is 10.0 Å². The van der Waals surface area contributed by atoms with Crippen molar-refractivity contribution in [2.45, 2.75) is 38.0 Å². The molecule has 0 fully saturated rings. The summed E-state index contributed by atoms with van der Waals surface area (Å²) in [6, 6.07) is 20.9. The summed E-state index contributed by atoms with van der Waals surface area (Å²) in [6.45, 7) is 3.93. The summed E-state index contributed by atoms with van der Waals surface area (Å²) in [5.74, 6) is -0.239. The lowest BCUT2D eigenvalue weighted by Gasteiger charge is -2.12. The second kappa shape index (κ2) is 9.59. The van der Waals surface area contributed by atoms with Crippen LogP contribution in [0.2, 0.25) is 0 Å². The molecule has 0 radical (unpaired) electrons. The topological polar surface area (TPSA) is 75.3 Å². The van der Waals surface area contributed by atoms with E-state index in [1.165, 1.54) is 17.7 Å². The van der Waals surface area contributed by atoms with Gasteiger partial charge in [0, 0.05) is 11.3 Å². The fourth-order valence-electron chi connectivity index (χ4n) is 3.06. The molecule has 30 heavy (non-hydrogen) atoms. The van der Waals surface area contributed by atoms with Gasteiger partial charge in [0.05, 0.1) is 10.6 Å². The van der Waals surface area contributed by atoms with E-state index >= 15 is 0 Å². The van der Waals surface area contributed by atoms with Crippen molar-refractivity contribution in [1.29, 1.82) is 0 Å². The third kappa shape index (κ3) is 5.48. The Kier molecular flexibility index (Phi) is 6.90. The van der Waals surface area contributed by atoms with Crippen LogP contribution in [-0.4, -0.2) is 14.3 Å². The minimum atomic E-state index is -3.68. The Morgan fingerprint density at radius 2 is 1.63 bits per heavy atom. The molecule has 6 heteroatoms. The third-order valence-corrected chi connectivity index (χ3v) is 6.20. The zero-order valence-electron chi connectivity index (χ0n) is 17.2. The summed E-state index contributed by atoms with van der Waals surface area (Å²) in [5, 5.41) is 2.88. The van der Waals surface area contributed by atoms with Gasteiger partial charge in [-0.1, -0.05) is 43.7 Å². The number of carbonyl (C=O) groups is 1. The van der Waals surface area contributed by atoms with Crippen LogP contribution in [0.1, 0.15) is 41.3 Å². The fourth-order valence-corrected chi connectivity index (χ4v) is 4.21. The maximum Gasteiger partial charge on any atom is 0.261 e. The van der Waals surface area contributed by atoms with E-state index in [2.05, 4.69) is 17.0 Å². The second-order valence-electron chi connectivity index (χ2n) is 7.20. The molecule has 0 spiro atoms. The van der Waals surface area contributed by atoms with Crippen LogP contribution in [0.4, 0.5) is 11.4 Å². The average molecular weight is 423 g/mol. The SMILES string of the molecule is CCCCc1ccc(NC(=O)c2ccc(NS(=O)(=O)c3ccccc3)c(C)c2)cc1. The highest BCUT2D eigenvalue weighted by Crippen LogP contribution is 2.22.